The van der Waals surface area contributed by atoms with Gasteiger partial charge in [-0.25, -0.2) is 0 Å². The molecule has 0 bridgehead atoms. The summed E-state index contributed by atoms with van der Waals surface area (Å²) < 4.78 is 0. The highest BCUT2D eigenvalue weighted by atomic mass is 16.2. The van der Waals surface area contributed by atoms with E-state index in [1.165, 1.54) is 0 Å². The average molecular weight is 226 g/mol. The Morgan fingerprint density at radius 1 is 1.56 bits per heavy atom. The number of amides is 1. The molecule has 1 aliphatic rings. The van der Waals surface area contributed by atoms with E-state index in [4.69, 9.17) is 0 Å². The molecule has 1 rings (SSSR count). The van der Waals surface area contributed by atoms with E-state index >= 15 is 0 Å². The van der Waals surface area contributed by atoms with Gasteiger partial charge in [-0.1, -0.05) is 20.3 Å². The summed E-state index contributed by atoms with van der Waals surface area (Å²) in [5, 5.41) is 3.39. The quantitative estimate of drug-likeness (QED) is 0.794. The fourth-order valence-electron chi connectivity index (χ4n) is 2.35. The first-order valence-corrected chi connectivity index (χ1v) is 6.53. The topological polar surface area (TPSA) is 32.3 Å². The molecule has 0 aromatic rings. The van der Waals surface area contributed by atoms with E-state index in [0.717, 1.165) is 32.4 Å². The molecular weight excluding hydrogens is 200 g/mol. The maximum Gasteiger partial charge on any atom is 0.225 e. The van der Waals surface area contributed by atoms with E-state index in [1.54, 1.807) is 0 Å². The summed E-state index contributed by atoms with van der Waals surface area (Å²) in [6.45, 7) is 8.42. The van der Waals surface area contributed by atoms with Crippen LogP contribution < -0.4 is 5.32 Å². The van der Waals surface area contributed by atoms with E-state index in [-0.39, 0.29) is 5.92 Å². The summed E-state index contributed by atoms with van der Waals surface area (Å²) in [5.41, 5.74) is 0. The van der Waals surface area contributed by atoms with Crippen molar-refractivity contribution in [3.8, 4) is 0 Å². The summed E-state index contributed by atoms with van der Waals surface area (Å²) in [6, 6.07) is 0.486. The van der Waals surface area contributed by atoms with Gasteiger partial charge in [0.2, 0.25) is 5.91 Å². The van der Waals surface area contributed by atoms with Crippen LogP contribution in [-0.4, -0.2) is 37.0 Å². The highest BCUT2D eigenvalue weighted by Gasteiger charge is 2.27. The fraction of sp³-hybridized carbons (Fsp3) is 0.923. The first-order chi connectivity index (χ1) is 7.54. The van der Waals surface area contributed by atoms with Gasteiger partial charge in [0.15, 0.2) is 0 Å². The third-order valence-corrected chi connectivity index (χ3v) is 3.63. The summed E-state index contributed by atoms with van der Waals surface area (Å²) in [4.78, 5) is 14.1. The molecule has 1 unspecified atom stereocenters. The van der Waals surface area contributed by atoms with Gasteiger partial charge in [-0.2, -0.15) is 0 Å². The van der Waals surface area contributed by atoms with Crippen molar-refractivity contribution in [3.63, 3.8) is 0 Å². The van der Waals surface area contributed by atoms with Gasteiger partial charge in [0.05, 0.1) is 0 Å². The molecule has 0 radical (unpaired) electrons. The lowest BCUT2D eigenvalue weighted by molar-refractivity contribution is -0.135. The third kappa shape index (κ3) is 3.78. The maximum absolute atomic E-state index is 12.2. The molecule has 0 aromatic heterocycles. The van der Waals surface area contributed by atoms with Gasteiger partial charge in [-0.05, 0) is 32.2 Å². The van der Waals surface area contributed by atoms with Gasteiger partial charge in [0.25, 0.3) is 0 Å². The molecule has 3 atom stereocenters. The van der Waals surface area contributed by atoms with Crippen LogP contribution in [0.3, 0.4) is 0 Å². The van der Waals surface area contributed by atoms with E-state index in [0.29, 0.717) is 17.9 Å². The second-order valence-corrected chi connectivity index (χ2v) is 5.31. The molecule has 3 heteroatoms. The number of carbonyl (C=O) groups excluding carboxylic acids is 1. The first-order valence-electron chi connectivity index (χ1n) is 6.53. The summed E-state index contributed by atoms with van der Waals surface area (Å²) >= 11 is 0. The van der Waals surface area contributed by atoms with Crippen molar-refractivity contribution in [2.24, 2.45) is 11.8 Å². The molecule has 94 valence electrons. The van der Waals surface area contributed by atoms with E-state index in [1.807, 2.05) is 11.9 Å². The molecule has 0 saturated carbocycles. The minimum atomic E-state index is 0.241. The van der Waals surface area contributed by atoms with Crippen LogP contribution in [0, 0.1) is 11.8 Å². The summed E-state index contributed by atoms with van der Waals surface area (Å²) in [7, 11) is 1.95. The molecule has 0 aliphatic carbocycles. The van der Waals surface area contributed by atoms with Gasteiger partial charge >= 0.3 is 0 Å². The normalized spacial score (nSPS) is 27.5. The lowest BCUT2D eigenvalue weighted by Gasteiger charge is -2.31. The number of nitrogens with zero attached hydrogens (tertiary/aromatic N) is 1. The van der Waals surface area contributed by atoms with Crippen LogP contribution in [0.5, 0.6) is 0 Å². The minimum absolute atomic E-state index is 0.241. The van der Waals surface area contributed by atoms with E-state index in [2.05, 4.69) is 26.1 Å². The van der Waals surface area contributed by atoms with E-state index < -0.39 is 0 Å². The Morgan fingerprint density at radius 2 is 2.25 bits per heavy atom. The third-order valence-electron chi connectivity index (χ3n) is 3.63. The maximum atomic E-state index is 12.2. The molecule has 1 aliphatic heterocycles. The fourth-order valence-corrected chi connectivity index (χ4v) is 2.35. The number of hydrogen-bond acceptors (Lipinski definition) is 2. The molecular formula is C13H26N2O. The number of piperidine rings is 1. The lowest BCUT2D eigenvalue weighted by Crippen LogP contribution is -2.43. The zero-order chi connectivity index (χ0) is 12.1. The van der Waals surface area contributed by atoms with Crippen LogP contribution in [0.4, 0.5) is 0 Å². The van der Waals surface area contributed by atoms with Crippen LogP contribution in [0.15, 0.2) is 0 Å². The molecule has 1 N–H and O–H groups in total. The minimum Gasteiger partial charge on any atom is -0.345 e. The molecule has 1 fully saturated rings. The van der Waals surface area contributed by atoms with Crippen molar-refractivity contribution in [3.05, 3.63) is 0 Å². The second-order valence-electron chi connectivity index (χ2n) is 5.31. The Kier molecular flexibility index (Phi) is 5.26. The van der Waals surface area contributed by atoms with Gasteiger partial charge in [-0.3, -0.25) is 4.79 Å². The van der Waals surface area contributed by atoms with Crippen LogP contribution in [0.2, 0.25) is 0 Å². The van der Waals surface area contributed by atoms with Crippen LogP contribution in [0.1, 0.15) is 40.0 Å². The molecule has 1 amide bonds. The van der Waals surface area contributed by atoms with Gasteiger partial charge in [0, 0.05) is 25.6 Å². The molecule has 1 saturated heterocycles. The Labute approximate surface area is 99.6 Å². The molecule has 3 nitrogen and oxygen atoms in total. The highest BCUT2D eigenvalue weighted by molar-refractivity contribution is 5.78. The van der Waals surface area contributed by atoms with E-state index in [9.17, 15) is 4.79 Å². The molecule has 1 heterocycles. The van der Waals surface area contributed by atoms with Crippen molar-refractivity contribution >= 4 is 5.91 Å². The van der Waals surface area contributed by atoms with Crippen molar-refractivity contribution in [2.75, 3.05) is 20.1 Å². The van der Waals surface area contributed by atoms with Crippen LogP contribution >= 0.6 is 0 Å². The van der Waals surface area contributed by atoms with Crippen molar-refractivity contribution in [1.29, 1.82) is 0 Å². The number of carbonyl (C=O) groups is 1. The van der Waals surface area contributed by atoms with Crippen LogP contribution in [0.25, 0.3) is 0 Å². The highest BCUT2D eigenvalue weighted by Crippen LogP contribution is 2.19. The van der Waals surface area contributed by atoms with Gasteiger partial charge in [-0.15, -0.1) is 0 Å². The SMILES string of the molecule is CCC(C)CN(C)C(=O)[C@H]1CCN[C@@H](C)C1. The Bertz CT molecular complexity index is 230. The zero-order valence-corrected chi connectivity index (χ0v) is 11.1. The zero-order valence-electron chi connectivity index (χ0n) is 11.1. The Balaban J connectivity index is 2.43. The van der Waals surface area contributed by atoms with Crippen LogP contribution in [-0.2, 0) is 4.79 Å². The van der Waals surface area contributed by atoms with Gasteiger partial charge < -0.3 is 10.2 Å². The van der Waals surface area contributed by atoms with Crippen molar-refractivity contribution in [1.82, 2.24) is 10.2 Å². The predicted octanol–water partition coefficient (Wildman–Crippen LogP) is 1.88. The standard InChI is InChI=1S/C13H26N2O/c1-5-10(2)9-15(4)13(16)12-6-7-14-11(3)8-12/h10-12,14H,5-9H2,1-4H3/t10?,11-,12-/m0/s1. The largest absolute Gasteiger partial charge is 0.345 e. The monoisotopic (exact) mass is 226 g/mol. The Hall–Kier alpha value is -0.570. The average Bonchev–Trinajstić information content (AvgIpc) is 2.27. The Morgan fingerprint density at radius 3 is 2.81 bits per heavy atom. The van der Waals surface area contributed by atoms with Gasteiger partial charge in [0.1, 0.15) is 0 Å². The molecule has 0 spiro atoms. The smallest absolute Gasteiger partial charge is 0.225 e. The van der Waals surface area contributed by atoms with Crippen molar-refractivity contribution < 1.29 is 4.79 Å². The number of hydrogen-bond donors (Lipinski definition) is 1. The van der Waals surface area contributed by atoms with Crippen molar-refractivity contribution in [2.45, 2.75) is 46.1 Å². The number of nitrogens with one attached hydrogen (secondary N) is 1. The lowest BCUT2D eigenvalue weighted by atomic mass is 9.92. The summed E-state index contributed by atoms with van der Waals surface area (Å²) in [6.07, 6.45) is 3.12. The molecule has 0 aromatic carbocycles. The second kappa shape index (κ2) is 6.24. The number of rotatable bonds is 4. The molecule has 16 heavy (non-hydrogen) atoms. The summed E-state index contributed by atoms with van der Waals surface area (Å²) in [5.74, 6) is 1.19. The predicted molar refractivity (Wildman–Crippen MR) is 67.3 cm³/mol. The first kappa shape index (κ1) is 13.5.